The summed E-state index contributed by atoms with van der Waals surface area (Å²) in [6, 6.07) is 4.56. The smallest absolute Gasteiger partial charge is 0.194 e. The number of halogens is 3. The van der Waals surface area contributed by atoms with Gasteiger partial charge in [-0.05, 0) is 24.3 Å². The summed E-state index contributed by atoms with van der Waals surface area (Å²) in [7, 11) is 0. The predicted octanol–water partition coefficient (Wildman–Crippen LogP) is 2.74. The van der Waals surface area contributed by atoms with E-state index in [4.69, 9.17) is 10.3 Å². The third-order valence-electron chi connectivity index (χ3n) is 2.59. The molecule has 0 aliphatic heterocycles. The Kier molecular flexibility index (Phi) is 3.51. The highest BCUT2D eigenvalue weighted by atomic mass is 19.2. The second kappa shape index (κ2) is 5.12. The van der Waals surface area contributed by atoms with Gasteiger partial charge in [-0.3, -0.25) is 0 Å². The van der Waals surface area contributed by atoms with E-state index in [-0.39, 0.29) is 22.6 Å². The topological polar surface area (TPSA) is 73.1 Å². The molecule has 0 aliphatic carbocycles. The summed E-state index contributed by atoms with van der Waals surface area (Å²) in [5, 5.41) is 30.6. The lowest BCUT2D eigenvalue weighted by Gasteiger charge is -2.08. The zero-order chi connectivity index (χ0) is 14.9. The van der Waals surface area contributed by atoms with Gasteiger partial charge in [0.15, 0.2) is 17.5 Å². The Morgan fingerprint density at radius 3 is 2.05 bits per heavy atom. The molecule has 0 amide bonds. The number of aromatic hydroxyl groups is 2. The Balaban J connectivity index is 2.59. The number of phenolic OH excluding ortho intramolecular Hbond substituents is 2. The molecule has 2 rings (SSSR count). The summed E-state index contributed by atoms with van der Waals surface area (Å²) in [5.41, 5.74) is -0.735. The molecule has 3 N–H and O–H groups in total. The van der Waals surface area contributed by atoms with E-state index < -0.39 is 23.2 Å². The largest absolute Gasteiger partial charge is 0.508 e. The molecule has 2 aromatic carbocycles. The molecule has 104 valence electrons. The molecule has 0 saturated heterocycles. The lowest BCUT2D eigenvalue weighted by molar-refractivity contribution is 0.319. The molecular formula is C13H8F3NO3. The number of oxime groups is 1. The average molecular weight is 283 g/mol. The van der Waals surface area contributed by atoms with Crippen molar-refractivity contribution in [3.05, 3.63) is 58.9 Å². The van der Waals surface area contributed by atoms with Gasteiger partial charge in [0.25, 0.3) is 0 Å². The predicted molar refractivity (Wildman–Crippen MR) is 63.5 cm³/mol. The van der Waals surface area contributed by atoms with Crippen molar-refractivity contribution in [3.8, 4) is 11.5 Å². The van der Waals surface area contributed by atoms with Crippen LogP contribution in [-0.2, 0) is 0 Å². The summed E-state index contributed by atoms with van der Waals surface area (Å²) < 4.78 is 39.2. The van der Waals surface area contributed by atoms with Crippen molar-refractivity contribution in [2.45, 2.75) is 0 Å². The van der Waals surface area contributed by atoms with Gasteiger partial charge in [-0.2, -0.15) is 0 Å². The van der Waals surface area contributed by atoms with Crippen molar-refractivity contribution in [1.82, 2.24) is 0 Å². The third-order valence-corrected chi connectivity index (χ3v) is 2.59. The van der Waals surface area contributed by atoms with Gasteiger partial charge < -0.3 is 15.4 Å². The SMILES string of the molecule is O/N=C(/c1cc(F)c(F)c(F)c1)c1ccc(O)cc1O. The van der Waals surface area contributed by atoms with E-state index in [0.29, 0.717) is 12.1 Å². The van der Waals surface area contributed by atoms with E-state index in [9.17, 15) is 18.3 Å². The van der Waals surface area contributed by atoms with Crippen LogP contribution < -0.4 is 0 Å². The standard InChI is InChI=1S/C13H8F3NO3/c14-9-3-6(4-10(15)12(9)16)13(17-20)8-2-1-7(18)5-11(8)19/h1-5,18-20H/b17-13-. The van der Waals surface area contributed by atoms with Crippen molar-refractivity contribution >= 4 is 5.71 Å². The van der Waals surface area contributed by atoms with E-state index in [1.54, 1.807) is 0 Å². The molecule has 0 aliphatic rings. The van der Waals surface area contributed by atoms with Gasteiger partial charge in [0.05, 0.1) is 0 Å². The number of hydrogen-bond acceptors (Lipinski definition) is 4. The van der Waals surface area contributed by atoms with Crippen LogP contribution in [0.3, 0.4) is 0 Å². The highest BCUT2D eigenvalue weighted by Crippen LogP contribution is 2.26. The van der Waals surface area contributed by atoms with Gasteiger partial charge in [-0.1, -0.05) is 5.16 Å². The number of phenols is 2. The van der Waals surface area contributed by atoms with Crippen LogP contribution in [-0.4, -0.2) is 21.1 Å². The van der Waals surface area contributed by atoms with Crippen LogP contribution in [0.1, 0.15) is 11.1 Å². The zero-order valence-electron chi connectivity index (χ0n) is 9.81. The summed E-state index contributed by atoms with van der Waals surface area (Å²) in [4.78, 5) is 0. The minimum atomic E-state index is -1.65. The van der Waals surface area contributed by atoms with Crippen LogP contribution in [0.4, 0.5) is 13.2 Å². The minimum Gasteiger partial charge on any atom is -0.508 e. The first-order valence-electron chi connectivity index (χ1n) is 5.33. The molecule has 0 fully saturated rings. The van der Waals surface area contributed by atoms with Gasteiger partial charge in [-0.25, -0.2) is 13.2 Å². The summed E-state index contributed by atoms with van der Waals surface area (Å²) >= 11 is 0. The summed E-state index contributed by atoms with van der Waals surface area (Å²) in [6.45, 7) is 0. The number of rotatable bonds is 2. The summed E-state index contributed by atoms with van der Waals surface area (Å²) in [6.07, 6.45) is 0. The fourth-order valence-electron chi connectivity index (χ4n) is 1.68. The molecule has 4 nitrogen and oxygen atoms in total. The first-order valence-corrected chi connectivity index (χ1v) is 5.33. The first-order chi connectivity index (χ1) is 9.43. The Labute approximate surface area is 111 Å². The molecule has 20 heavy (non-hydrogen) atoms. The van der Waals surface area contributed by atoms with Crippen molar-refractivity contribution in [1.29, 1.82) is 0 Å². The third kappa shape index (κ3) is 2.37. The lowest BCUT2D eigenvalue weighted by Crippen LogP contribution is -2.06. The van der Waals surface area contributed by atoms with Crippen LogP contribution in [0, 0.1) is 17.5 Å². The molecule has 7 heteroatoms. The molecule has 0 unspecified atom stereocenters. The van der Waals surface area contributed by atoms with Crippen molar-refractivity contribution in [2.75, 3.05) is 0 Å². The van der Waals surface area contributed by atoms with E-state index in [0.717, 1.165) is 6.07 Å². The van der Waals surface area contributed by atoms with E-state index in [1.165, 1.54) is 12.1 Å². The van der Waals surface area contributed by atoms with Crippen molar-refractivity contribution in [3.63, 3.8) is 0 Å². The van der Waals surface area contributed by atoms with Gasteiger partial charge in [0.1, 0.15) is 17.2 Å². The molecule has 0 spiro atoms. The molecule has 0 heterocycles. The van der Waals surface area contributed by atoms with Crippen molar-refractivity contribution in [2.24, 2.45) is 5.16 Å². The molecular weight excluding hydrogens is 275 g/mol. The van der Waals surface area contributed by atoms with Crippen LogP contribution in [0.5, 0.6) is 11.5 Å². The van der Waals surface area contributed by atoms with Gasteiger partial charge in [0.2, 0.25) is 0 Å². The molecule has 0 bridgehead atoms. The average Bonchev–Trinajstić information content (AvgIpc) is 2.39. The second-order valence-electron chi connectivity index (χ2n) is 3.90. The normalized spacial score (nSPS) is 11.7. The van der Waals surface area contributed by atoms with Gasteiger partial charge in [-0.15, -0.1) is 0 Å². The maximum atomic E-state index is 13.2. The zero-order valence-corrected chi connectivity index (χ0v) is 9.81. The Bertz CT molecular complexity index is 678. The quantitative estimate of drug-likeness (QED) is 0.343. The fourth-order valence-corrected chi connectivity index (χ4v) is 1.68. The van der Waals surface area contributed by atoms with Gasteiger partial charge >= 0.3 is 0 Å². The van der Waals surface area contributed by atoms with E-state index in [1.807, 2.05) is 0 Å². The number of hydrogen-bond donors (Lipinski definition) is 3. The highest BCUT2D eigenvalue weighted by molar-refractivity contribution is 6.14. The monoisotopic (exact) mass is 283 g/mol. The van der Waals surface area contributed by atoms with Crippen LogP contribution >= 0.6 is 0 Å². The second-order valence-corrected chi connectivity index (χ2v) is 3.90. The Morgan fingerprint density at radius 2 is 1.55 bits per heavy atom. The number of nitrogens with zero attached hydrogens (tertiary/aromatic N) is 1. The molecule has 0 radical (unpaired) electrons. The summed E-state index contributed by atoms with van der Waals surface area (Å²) in [5.74, 6) is -5.29. The number of benzene rings is 2. The Morgan fingerprint density at radius 1 is 0.950 bits per heavy atom. The van der Waals surface area contributed by atoms with Gasteiger partial charge in [0, 0.05) is 17.2 Å². The first kappa shape index (κ1) is 13.7. The van der Waals surface area contributed by atoms with Crippen LogP contribution in [0.2, 0.25) is 0 Å². The minimum absolute atomic E-state index is 0.0873. The molecule has 0 atom stereocenters. The maximum Gasteiger partial charge on any atom is 0.194 e. The van der Waals surface area contributed by atoms with Crippen LogP contribution in [0.25, 0.3) is 0 Å². The van der Waals surface area contributed by atoms with E-state index in [2.05, 4.69) is 5.16 Å². The fraction of sp³-hybridized carbons (Fsp3) is 0. The molecule has 2 aromatic rings. The highest BCUT2D eigenvalue weighted by Gasteiger charge is 2.18. The van der Waals surface area contributed by atoms with E-state index >= 15 is 0 Å². The maximum absolute atomic E-state index is 13.2. The van der Waals surface area contributed by atoms with Crippen LogP contribution in [0.15, 0.2) is 35.5 Å². The molecule has 0 aromatic heterocycles. The Hall–Kier alpha value is -2.70. The molecule has 0 saturated carbocycles. The van der Waals surface area contributed by atoms with Crippen molar-refractivity contribution < 1.29 is 28.6 Å². The lowest BCUT2D eigenvalue weighted by atomic mass is 10.0.